The molecule has 0 aliphatic heterocycles. The fraction of sp³-hybridized carbons (Fsp3) is 0.273. The molecule has 1 aliphatic rings. The molecular weight excluding hydrogens is 327 g/mol. The summed E-state index contributed by atoms with van der Waals surface area (Å²) in [5, 5.41) is 3.08. The predicted molar refractivity (Wildman–Crippen MR) is 113 cm³/mol. The highest BCUT2D eigenvalue weighted by molar-refractivity contribution is 8.02. The van der Waals surface area contributed by atoms with Crippen molar-refractivity contribution in [2.24, 2.45) is 0 Å². The smallest absolute Gasteiger partial charge is 0.0970 e. The van der Waals surface area contributed by atoms with Crippen LogP contribution in [0.2, 0.25) is 0 Å². The van der Waals surface area contributed by atoms with Crippen molar-refractivity contribution in [2.75, 3.05) is 6.26 Å². The lowest BCUT2D eigenvalue weighted by molar-refractivity contribution is 0.791. The number of allylic oxidation sites excluding steroid dienone is 3. The molecule has 0 radical (unpaired) electrons. The second-order valence-electron chi connectivity index (χ2n) is 6.23. The van der Waals surface area contributed by atoms with Crippen molar-refractivity contribution in [1.29, 1.82) is 0 Å². The minimum atomic E-state index is -0.778. The predicted octanol–water partition coefficient (Wildman–Crippen LogP) is 5.60. The Morgan fingerprint density at radius 1 is 0.958 bits per heavy atom. The van der Waals surface area contributed by atoms with Crippen LogP contribution in [0, 0.1) is 0 Å². The molecule has 0 fully saturated rings. The van der Waals surface area contributed by atoms with Gasteiger partial charge in [0.2, 0.25) is 0 Å². The molecule has 2 heteroatoms. The second-order valence-corrected chi connectivity index (χ2v) is 9.88. The Morgan fingerprint density at radius 3 is 2.04 bits per heavy atom. The van der Waals surface area contributed by atoms with Crippen LogP contribution in [0.4, 0.5) is 0 Å². The van der Waals surface area contributed by atoms with Gasteiger partial charge in [-0.1, -0.05) is 55.5 Å². The van der Waals surface area contributed by atoms with E-state index in [0.29, 0.717) is 0 Å². The van der Waals surface area contributed by atoms with E-state index in [1.165, 1.54) is 28.4 Å². The molecule has 0 nitrogen and oxygen atoms in total. The van der Waals surface area contributed by atoms with E-state index in [2.05, 4.69) is 86.0 Å². The molecular formula is C22H26PS+. The molecule has 2 aromatic carbocycles. The minimum Gasteiger partial charge on any atom is -0.130 e. The normalized spacial score (nSPS) is 15.3. The quantitative estimate of drug-likeness (QED) is 0.584. The average Bonchev–Trinajstić information content (AvgIpc) is 3.10. The van der Waals surface area contributed by atoms with Gasteiger partial charge in [0, 0.05) is 11.3 Å². The fourth-order valence-electron chi connectivity index (χ4n) is 3.54. The molecule has 3 rings (SSSR count). The van der Waals surface area contributed by atoms with E-state index in [1.54, 1.807) is 5.57 Å². The summed E-state index contributed by atoms with van der Waals surface area (Å²) in [4.78, 5) is 1.50. The van der Waals surface area contributed by atoms with Gasteiger partial charge in [0.1, 0.15) is 0 Å². The minimum absolute atomic E-state index is 0.733. The van der Waals surface area contributed by atoms with E-state index in [4.69, 9.17) is 0 Å². The van der Waals surface area contributed by atoms with Crippen molar-refractivity contribution in [2.45, 2.75) is 31.8 Å². The summed E-state index contributed by atoms with van der Waals surface area (Å²) in [7, 11) is -0.778. The molecule has 0 aromatic heterocycles. The van der Waals surface area contributed by atoms with Gasteiger partial charge in [-0.3, -0.25) is 0 Å². The van der Waals surface area contributed by atoms with Gasteiger partial charge in [-0.15, -0.1) is 11.8 Å². The molecule has 24 heavy (non-hydrogen) atoms. The van der Waals surface area contributed by atoms with Crippen LogP contribution in [0.5, 0.6) is 0 Å². The molecule has 1 unspecified atom stereocenters. The third-order valence-electron chi connectivity index (χ3n) is 4.77. The fourth-order valence-corrected chi connectivity index (χ4v) is 7.47. The monoisotopic (exact) mass is 353 g/mol. The Kier molecular flexibility index (Phi) is 6.35. The Labute approximate surface area is 151 Å². The van der Waals surface area contributed by atoms with Crippen LogP contribution < -0.4 is 10.6 Å². The van der Waals surface area contributed by atoms with Crippen molar-refractivity contribution in [3.63, 3.8) is 0 Å². The molecule has 0 saturated heterocycles. The highest BCUT2D eigenvalue weighted by atomic mass is 32.2. The molecule has 0 saturated carbocycles. The van der Waals surface area contributed by atoms with Crippen LogP contribution in [-0.2, 0) is 0 Å². The van der Waals surface area contributed by atoms with Crippen LogP contribution >= 0.6 is 19.7 Å². The Hall–Kier alpha value is -1.30. The molecule has 124 valence electrons. The van der Waals surface area contributed by atoms with Crippen LogP contribution in [0.1, 0.15) is 26.2 Å². The van der Waals surface area contributed by atoms with E-state index in [9.17, 15) is 0 Å². The topological polar surface area (TPSA) is 0 Å². The van der Waals surface area contributed by atoms with E-state index in [1.807, 2.05) is 11.8 Å². The average molecular weight is 353 g/mol. The van der Waals surface area contributed by atoms with Crippen molar-refractivity contribution in [3.05, 3.63) is 83.3 Å². The van der Waals surface area contributed by atoms with Crippen LogP contribution in [-0.4, -0.2) is 11.9 Å². The van der Waals surface area contributed by atoms with E-state index < -0.39 is 7.92 Å². The second kappa shape index (κ2) is 8.70. The van der Waals surface area contributed by atoms with Crippen molar-refractivity contribution in [1.82, 2.24) is 0 Å². The summed E-state index contributed by atoms with van der Waals surface area (Å²) in [6, 6.07) is 22.4. The molecule has 0 heterocycles. The molecule has 0 bridgehead atoms. The number of hydrogen-bond donors (Lipinski definition) is 0. The Morgan fingerprint density at radius 2 is 1.54 bits per heavy atom. The van der Waals surface area contributed by atoms with Crippen LogP contribution in [0.15, 0.2) is 83.3 Å². The van der Waals surface area contributed by atoms with Crippen LogP contribution in [0.3, 0.4) is 0 Å². The summed E-state index contributed by atoms with van der Waals surface area (Å²) in [5.74, 6) is 0. The van der Waals surface area contributed by atoms with E-state index >= 15 is 0 Å². The first kappa shape index (κ1) is 17.5. The maximum atomic E-state index is 2.36. The van der Waals surface area contributed by atoms with Crippen molar-refractivity contribution in [3.8, 4) is 0 Å². The first-order valence-corrected chi connectivity index (χ1v) is 11.5. The molecule has 1 atom stereocenters. The lowest BCUT2D eigenvalue weighted by Gasteiger charge is -2.21. The SMILES string of the molecule is CCC(CC1=C(SC)C=CC1)[PH+](c1ccccc1)c1ccccc1. The number of benzene rings is 2. The van der Waals surface area contributed by atoms with E-state index in [-0.39, 0.29) is 0 Å². The molecule has 1 aliphatic carbocycles. The zero-order valence-corrected chi connectivity index (χ0v) is 16.4. The first-order valence-electron chi connectivity index (χ1n) is 8.73. The highest BCUT2D eigenvalue weighted by Gasteiger charge is 2.32. The largest absolute Gasteiger partial charge is 0.130 e. The summed E-state index contributed by atoms with van der Waals surface area (Å²) < 4.78 is 0. The summed E-state index contributed by atoms with van der Waals surface area (Å²) >= 11 is 1.90. The van der Waals surface area contributed by atoms with Gasteiger partial charge < -0.3 is 0 Å². The molecule has 0 amide bonds. The maximum absolute atomic E-state index is 2.36. The lowest BCUT2D eigenvalue weighted by atomic mass is 10.1. The zero-order chi connectivity index (χ0) is 16.8. The van der Waals surface area contributed by atoms with E-state index in [0.717, 1.165) is 12.1 Å². The van der Waals surface area contributed by atoms with Gasteiger partial charge in [-0.05, 0) is 48.9 Å². The van der Waals surface area contributed by atoms with Crippen LogP contribution in [0.25, 0.3) is 0 Å². The van der Waals surface area contributed by atoms with Crippen molar-refractivity contribution < 1.29 is 0 Å². The molecule has 0 N–H and O–H groups in total. The number of thioether (sulfide) groups is 1. The van der Waals surface area contributed by atoms with Crippen molar-refractivity contribution >= 4 is 30.3 Å². The summed E-state index contributed by atoms with van der Waals surface area (Å²) in [6.45, 7) is 2.36. The van der Waals surface area contributed by atoms with Gasteiger partial charge in [0.25, 0.3) is 0 Å². The Balaban J connectivity index is 1.94. The van der Waals surface area contributed by atoms with Gasteiger partial charge in [-0.25, -0.2) is 0 Å². The van der Waals surface area contributed by atoms with Gasteiger partial charge in [0.05, 0.1) is 24.2 Å². The number of rotatable bonds is 7. The van der Waals surface area contributed by atoms with Gasteiger partial charge in [-0.2, -0.15) is 0 Å². The molecule has 0 spiro atoms. The van der Waals surface area contributed by atoms with Gasteiger partial charge >= 0.3 is 0 Å². The standard InChI is InChI=1S/C22H25PS/c1-3-19(17-18-11-10-16-22(18)24-2)23(20-12-6-4-7-13-20)21-14-8-5-9-15-21/h4-10,12-16,19H,3,11,17H2,1-2H3/p+1. The number of hydrogen-bond acceptors (Lipinski definition) is 1. The summed E-state index contributed by atoms with van der Waals surface area (Å²) in [5.41, 5.74) is 2.38. The third kappa shape index (κ3) is 4.02. The Bertz CT molecular complexity index is 664. The maximum Gasteiger partial charge on any atom is 0.0970 e. The highest BCUT2D eigenvalue weighted by Crippen LogP contribution is 2.45. The third-order valence-corrected chi connectivity index (χ3v) is 8.97. The zero-order valence-electron chi connectivity index (χ0n) is 14.5. The molecule has 2 aromatic rings. The lowest BCUT2D eigenvalue weighted by Crippen LogP contribution is -2.22. The summed E-state index contributed by atoms with van der Waals surface area (Å²) in [6.07, 6.45) is 10.5. The first-order chi connectivity index (χ1) is 11.8. The van der Waals surface area contributed by atoms with Gasteiger partial charge in [0.15, 0.2) is 0 Å².